The molecule has 0 spiro atoms. The van der Waals surface area contributed by atoms with Crippen LogP contribution in [0.1, 0.15) is 54.3 Å². The maximum atomic E-state index is 13.3. The fourth-order valence-electron chi connectivity index (χ4n) is 5.13. The molecule has 2 N–H and O–H groups in total. The van der Waals surface area contributed by atoms with Gasteiger partial charge in [-0.3, -0.25) is 9.59 Å². The number of nitrogens with zero attached hydrogens (tertiary/aromatic N) is 1. The SMILES string of the molecule is CC(=O)NC[C@]1(c2ccccc2)CC[C@@H](O)[C@H](N(C)C(=O)c2ccc3oc(C)cc3c2)CC1. The van der Waals surface area contributed by atoms with Crippen LogP contribution in [0.25, 0.3) is 11.0 Å². The lowest BCUT2D eigenvalue weighted by atomic mass is 9.74. The van der Waals surface area contributed by atoms with Crippen LogP contribution >= 0.6 is 0 Å². The third kappa shape index (κ3) is 4.81. The fraction of sp³-hybridized carbons (Fsp3) is 0.407. The van der Waals surface area contributed by atoms with Crippen molar-refractivity contribution >= 4 is 22.8 Å². The number of likely N-dealkylation sites (N-methyl/N-ethyl adjacent to an activating group) is 1. The van der Waals surface area contributed by atoms with Gasteiger partial charge in [-0.2, -0.15) is 0 Å². The molecule has 1 aliphatic carbocycles. The lowest BCUT2D eigenvalue weighted by molar-refractivity contribution is -0.119. The van der Waals surface area contributed by atoms with Crippen LogP contribution in [0.2, 0.25) is 0 Å². The molecule has 3 atom stereocenters. The summed E-state index contributed by atoms with van der Waals surface area (Å²) in [6.07, 6.45) is 2.05. The number of hydrogen-bond acceptors (Lipinski definition) is 4. The van der Waals surface area contributed by atoms with Crippen LogP contribution in [-0.4, -0.2) is 47.6 Å². The average Bonchev–Trinajstić information content (AvgIpc) is 3.10. The second-order valence-electron chi connectivity index (χ2n) is 9.29. The van der Waals surface area contributed by atoms with Crippen LogP contribution in [-0.2, 0) is 10.2 Å². The molecule has 0 saturated heterocycles. The number of fused-ring (bicyclic) bond motifs is 1. The highest BCUT2D eigenvalue weighted by molar-refractivity contribution is 5.98. The Bertz CT molecular complexity index is 1140. The fourth-order valence-corrected chi connectivity index (χ4v) is 5.13. The van der Waals surface area contributed by atoms with Gasteiger partial charge in [0.1, 0.15) is 11.3 Å². The molecule has 1 aromatic heterocycles. The third-order valence-corrected chi connectivity index (χ3v) is 7.05. The summed E-state index contributed by atoms with van der Waals surface area (Å²) in [5.41, 5.74) is 2.21. The molecule has 2 amide bonds. The maximum Gasteiger partial charge on any atom is 0.253 e. The minimum absolute atomic E-state index is 0.0659. The van der Waals surface area contributed by atoms with E-state index in [1.54, 1.807) is 18.0 Å². The van der Waals surface area contributed by atoms with Crippen molar-refractivity contribution in [3.05, 3.63) is 71.5 Å². The molecule has 0 unspecified atom stereocenters. The lowest BCUT2D eigenvalue weighted by Gasteiger charge is -2.34. The smallest absolute Gasteiger partial charge is 0.253 e. The number of amides is 2. The molecule has 0 bridgehead atoms. The molecule has 174 valence electrons. The van der Waals surface area contributed by atoms with Crippen LogP contribution in [0.4, 0.5) is 0 Å². The Balaban J connectivity index is 1.56. The number of benzene rings is 2. The second kappa shape index (κ2) is 9.40. The van der Waals surface area contributed by atoms with Gasteiger partial charge in [0, 0.05) is 36.9 Å². The molecule has 0 radical (unpaired) electrons. The average molecular weight is 449 g/mol. The van der Waals surface area contributed by atoms with Gasteiger partial charge in [0.15, 0.2) is 0 Å². The zero-order chi connectivity index (χ0) is 23.6. The van der Waals surface area contributed by atoms with Crippen LogP contribution in [0.5, 0.6) is 0 Å². The summed E-state index contributed by atoms with van der Waals surface area (Å²) < 4.78 is 5.62. The van der Waals surface area contributed by atoms with Crippen LogP contribution in [0.15, 0.2) is 59.0 Å². The van der Waals surface area contributed by atoms with E-state index in [0.717, 1.165) is 35.1 Å². The number of hydrogen-bond donors (Lipinski definition) is 2. The largest absolute Gasteiger partial charge is 0.461 e. The zero-order valence-corrected chi connectivity index (χ0v) is 19.5. The molecule has 33 heavy (non-hydrogen) atoms. The molecule has 1 saturated carbocycles. The second-order valence-corrected chi connectivity index (χ2v) is 9.29. The van der Waals surface area contributed by atoms with E-state index in [0.29, 0.717) is 24.9 Å². The van der Waals surface area contributed by atoms with E-state index in [4.69, 9.17) is 4.42 Å². The Morgan fingerprint density at radius 2 is 1.85 bits per heavy atom. The Hall–Kier alpha value is -3.12. The summed E-state index contributed by atoms with van der Waals surface area (Å²) in [5.74, 6) is 0.622. The quantitative estimate of drug-likeness (QED) is 0.574. The van der Waals surface area contributed by atoms with Gasteiger partial charge >= 0.3 is 0 Å². The minimum Gasteiger partial charge on any atom is -0.461 e. The highest BCUT2D eigenvalue weighted by Crippen LogP contribution is 2.39. The van der Waals surface area contributed by atoms with Crippen molar-refractivity contribution in [1.82, 2.24) is 10.2 Å². The Labute approximate surface area is 194 Å². The standard InChI is InChI=1S/C27H32N2O4/c1-18-15-21-16-20(9-10-25(21)33-18)26(32)29(3)23-11-13-27(14-12-24(23)31,17-28-19(2)30)22-7-5-4-6-8-22/h4-10,15-16,23-24,31H,11-14,17H2,1-3H3,(H,28,30)/t23-,24-,27-/m1/s1. The summed E-state index contributed by atoms with van der Waals surface area (Å²) in [6.45, 7) is 3.92. The van der Waals surface area contributed by atoms with Gasteiger partial charge in [0.25, 0.3) is 5.91 Å². The van der Waals surface area contributed by atoms with Gasteiger partial charge in [0.05, 0.1) is 12.1 Å². The van der Waals surface area contributed by atoms with Crippen LogP contribution < -0.4 is 5.32 Å². The van der Waals surface area contributed by atoms with E-state index in [9.17, 15) is 14.7 Å². The Kier molecular flexibility index (Phi) is 6.56. The zero-order valence-electron chi connectivity index (χ0n) is 19.5. The number of rotatable bonds is 5. The van der Waals surface area contributed by atoms with Gasteiger partial charge in [0.2, 0.25) is 5.91 Å². The molecular weight excluding hydrogens is 416 g/mol. The van der Waals surface area contributed by atoms with Crippen molar-refractivity contribution < 1.29 is 19.1 Å². The number of carbonyl (C=O) groups excluding carboxylic acids is 2. The van der Waals surface area contributed by atoms with Crippen molar-refractivity contribution in [3.63, 3.8) is 0 Å². The molecule has 6 nitrogen and oxygen atoms in total. The van der Waals surface area contributed by atoms with E-state index in [1.807, 2.05) is 43.3 Å². The monoisotopic (exact) mass is 448 g/mol. The van der Waals surface area contributed by atoms with Gasteiger partial charge in [-0.25, -0.2) is 0 Å². The number of aliphatic hydroxyl groups excluding tert-OH is 1. The molecule has 1 heterocycles. The van der Waals surface area contributed by atoms with Crippen molar-refractivity contribution in [2.24, 2.45) is 0 Å². The normalized spacial score (nSPS) is 23.2. The van der Waals surface area contributed by atoms with E-state index >= 15 is 0 Å². The molecule has 4 rings (SSSR count). The van der Waals surface area contributed by atoms with Crippen LogP contribution in [0, 0.1) is 6.92 Å². The molecule has 6 heteroatoms. The van der Waals surface area contributed by atoms with E-state index < -0.39 is 6.10 Å². The van der Waals surface area contributed by atoms with Gasteiger partial charge in [-0.05, 0) is 62.4 Å². The molecule has 2 aromatic carbocycles. The van der Waals surface area contributed by atoms with Crippen molar-refractivity contribution in [2.75, 3.05) is 13.6 Å². The Morgan fingerprint density at radius 3 is 2.58 bits per heavy atom. The van der Waals surface area contributed by atoms with Gasteiger partial charge in [-0.1, -0.05) is 30.3 Å². The number of carbonyl (C=O) groups is 2. The Morgan fingerprint density at radius 1 is 1.12 bits per heavy atom. The predicted octanol–water partition coefficient (Wildman–Crippen LogP) is 4.19. The maximum absolute atomic E-state index is 13.3. The van der Waals surface area contributed by atoms with Gasteiger partial charge in [-0.15, -0.1) is 0 Å². The highest BCUT2D eigenvalue weighted by Gasteiger charge is 2.40. The first-order chi connectivity index (χ1) is 15.8. The predicted molar refractivity (Wildman–Crippen MR) is 128 cm³/mol. The first-order valence-electron chi connectivity index (χ1n) is 11.5. The summed E-state index contributed by atoms with van der Waals surface area (Å²) in [4.78, 5) is 26.7. The number of furan rings is 1. The number of aryl methyl sites for hydroxylation is 1. The van der Waals surface area contributed by atoms with Crippen molar-refractivity contribution in [2.45, 2.75) is 57.1 Å². The van der Waals surface area contributed by atoms with E-state index in [2.05, 4.69) is 17.4 Å². The highest BCUT2D eigenvalue weighted by atomic mass is 16.3. The van der Waals surface area contributed by atoms with E-state index in [-0.39, 0.29) is 23.3 Å². The summed E-state index contributed by atoms with van der Waals surface area (Å²) in [5, 5.41) is 14.9. The third-order valence-electron chi connectivity index (χ3n) is 7.05. The van der Waals surface area contributed by atoms with E-state index in [1.165, 1.54) is 6.92 Å². The number of aliphatic hydroxyl groups is 1. The first kappa shape index (κ1) is 23.1. The summed E-state index contributed by atoms with van der Waals surface area (Å²) in [7, 11) is 1.77. The molecule has 1 aliphatic rings. The first-order valence-corrected chi connectivity index (χ1v) is 11.5. The summed E-state index contributed by atoms with van der Waals surface area (Å²) >= 11 is 0. The molecule has 3 aromatic rings. The molecule has 0 aliphatic heterocycles. The lowest BCUT2D eigenvalue weighted by Crippen LogP contribution is -2.44. The van der Waals surface area contributed by atoms with Crippen molar-refractivity contribution in [3.8, 4) is 0 Å². The minimum atomic E-state index is -0.637. The van der Waals surface area contributed by atoms with Crippen molar-refractivity contribution in [1.29, 1.82) is 0 Å². The molecule has 1 fully saturated rings. The number of nitrogens with one attached hydrogen (secondary N) is 1. The molecular formula is C27H32N2O4. The topological polar surface area (TPSA) is 82.8 Å². The summed E-state index contributed by atoms with van der Waals surface area (Å²) in [6, 6.07) is 17.2. The van der Waals surface area contributed by atoms with Crippen LogP contribution in [0.3, 0.4) is 0 Å². The van der Waals surface area contributed by atoms with Gasteiger partial charge < -0.3 is 19.7 Å².